The second-order valence-corrected chi connectivity index (χ2v) is 10.6. The Balaban J connectivity index is 1.86. The van der Waals surface area contributed by atoms with Crippen molar-refractivity contribution < 1.29 is 19.1 Å². The molecule has 1 unspecified atom stereocenters. The summed E-state index contributed by atoms with van der Waals surface area (Å²) in [6.07, 6.45) is 1.84. The summed E-state index contributed by atoms with van der Waals surface area (Å²) in [5, 5.41) is 0. The summed E-state index contributed by atoms with van der Waals surface area (Å²) in [5.74, 6) is -0.618. The molecule has 186 valence electrons. The fraction of sp³-hybridized carbons (Fsp3) is 0.286. The molecular formula is C28H28N2O5S. The molecule has 2 heterocycles. The van der Waals surface area contributed by atoms with Crippen LogP contribution in [0.25, 0.3) is 6.08 Å². The fourth-order valence-electron chi connectivity index (χ4n) is 4.12. The van der Waals surface area contributed by atoms with Gasteiger partial charge in [-0.25, -0.2) is 9.79 Å². The lowest BCUT2D eigenvalue weighted by molar-refractivity contribution is -0.136. The van der Waals surface area contributed by atoms with Gasteiger partial charge < -0.3 is 9.47 Å². The van der Waals surface area contributed by atoms with Crippen LogP contribution in [0.3, 0.4) is 0 Å². The first-order valence-electron chi connectivity index (χ1n) is 11.5. The normalized spacial score (nSPS) is 15.8. The van der Waals surface area contributed by atoms with Crippen molar-refractivity contribution in [1.82, 2.24) is 4.57 Å². The Kier molecular flexibility index (Phi) is 6.82. The molecular weight excluding hydrogens is 476 g/mol. The maximum Gasteiger partial charge on any atom is 0.338 e. The summed E-state index contributed by atoms with van der Waals surface area (Å²) in [4.78, 5) is 42.8. The zero-order valence-corrected chi connectivity index (χ0v) is 21.9. The molecule has 3 aromatic rings. The molecule has 1 aromatic heterocycles. The van der Waals surface area contributed by atoms with E-state index in [4.69, 9.17) is 9.47 Å². The van der Waals surface area contributed by atoms with E-state index in [-0.39, 0.29) is 16.5 Å². The number of methoxy groups -OCH3 is 1. The van der Waals surface area contributed by atoms with E-state index < -0.39 is 18.0 Å². The molecule has 1 aliphatic rings. The van der Waals surface area contributed by atoms with Gasteiger partial charge in [-0.05, 0) is 47.2 Å². The molecule has 0 radical (unpaired) electrons. The lowest BCUT2D eigenvalue weighted by Crippen LogP contribution is -2.39. The maximum atomic E-state index is 13.6. The highest BCUT2D eigenvalue weighted by atomic mass is 32.1. The lowest BCUT2D eigenvalue weighted by atomic mass is 9.87. The van der Waals surface area contributed by atoms with Crippen LogP contribution in [0.5, 0.6) is 5.75 Å². The molecule has 7 nitrogen and oxygen atoms in total. The van der Waals surface area contributed by atoms with Crippen LogP contribution in [0, 0.1) is 0 Å². The minimum absolute atomic E-state index is 0.0324. The number of ether oxygens (including phenoxy) is 2. The van der Waals surface area contributed by atoms with Crippen LogP contribution in [0.15, 0.2) is 69.6 Å². The lowest BCUT2D eigenvalue weighted by Gasteiger charge is -2.24. The Morgan fingerprint density at radius 1 is 1.06 bits per heavy atom. The number of nitrogens with zero attached hydrogens (tertiary/aromatic N) is 2. The number of rotatable bonds is 4. The number of aromatic nitrogens is 1. The van der Waals surface area contributed by atoms with Crippen molar-refractivity contribution >= 4 is 29.4 Å². The molecule has 0 fully saturated rings. The predicted octanol–water partition coefficient (Wildman–Crippen LogP) is 3.63. The van der Waals surface area contributed by atoms with E-state index in [9.17, 15) is 14.4 Å². The first-order chi connectivity index (χ1) is 17.0. The third-order valence-electron chi connectivity index (χ3n) is 5.96. The molecule has 2 aromatic carbocycles. The number of allylic oxidation sites excluding steroid dienone is 1. The number of thiazole rings is 1. The first kappa shape index (κ1) is 25.3. The maximum absolute atomic E-state index is 13.6. The predicted molar refractivity (Wildman–Crippen MR) is 139 cm³/mol. The van der Waals surface area contributed by atoms with Gasteiger partial charge in [0.25, 0.3) is 5.56 Å². The number of hydrogen-bond donors (Lipinski definition) is 0. The van der Waals surface area contributed by atoms with E-state index in [0.29, 0.717) is 26.3 Å². The van der Waals surface area contributed by atoms with Gasteiger partial charge in [-0.15, -0.1) is 0 Å². The van der Waals surface area contributed by atoms with Crippen molar-refractivity contribution in [3.8, 4) is 5.75 Å². The van der Waals surface area contributed by atoms with Crippen LogP contribution in [-0.2, 0) is 19.7 Å². The van der Waals surface area contributed by atoms with Crippen LogP contribution in [0.4, 0.5) is 0 Å². The fourth-order valence-corrected chi connectivity index (χ4v) is 5.17. The second-order valence-electron chi connectivity index (χ2n) is 9.61. The zero-order valence-electron chi connectivity index (χ0n) is 21.1. The quantitative estimate of drug-likeness (QED) is 0.400. The van der Waals surface area contributed by atoms with Crippen LogP contribution in [-0.4, -0.2) is 23.6 Å². The van der Waals surface area contributed by atoms with Gasteiger partial charge in [0.15, 0.2) is 4.80 Å². The number of fused-ring (bicyclic) bond motifs is 1. The van der Waals surface area contributed by atoms with Crippen LogP contribution >= 0.6 is 11.3 Å². The van der Waals surface area contributed by atoms with Gasteiger partial charge in [-0.2, -0.15) is 0 Å². The molecule has 36 heavy (non-hydrogen) atoms. The Labute approximate surface area is 213 Å². The van der Waals surface area contributed by atoms with Crippen molar-refractivity contribution in [3.05, 3.63) is 96.2 Å². The second kappa shape index (κ2) is 9.70. The Hall–Kier alpha value is -3.78. The standard InChI is InChI=1S/C28H28N2O5S/c1-16-23(26(33)34-6)24(19-9-13-21(14-10-19)35-17(2)31)30-25(32)22(36-27(30)29-16)15-18-7-11-20(12-8-18)28(3,4)5/h7-15,24H,1-6H3/b22-15+. The van der Waals surface area contributed by atoms with Crippen molar-refractivity contribution in [2.45, 2.75) is 46.1 Å². The van der Waals surface area contributed by atoms with Gasteiger partial charge >= 0.3 is 11.9 Å². The van der Waals surface area contributed by atoms with E-state index in [2.05, 4.69) is 37.9 Å². The third kappa shape index (κ3) is 4.95. The summed E-state index contributed by atoms with van der Waals surface area (Å²) in [6, 6.07) is 14.1. The molecule has 0 bridgehead atoms. The zero-order chi connectivity index (χ0) is 26.2. The molecule has 0 N–H and O–H groups in total. The average Bonchev–Trinajstić information content (AvgIpc) is 3.12. The molecule has 1 atom stereocenters. The highest BCUT2D eigenvalue weighted by molar-refractivity contribution is 7.07. The van der Waals surface area contributed by atoms with Gasteiger partial charge in [-0.3, -0.25) is 14.2 Å². The summed E-state index contributed by atoms with van der Waals surface area (Å²) < 4.78 is 12.2. The molecule has 8 heteroatoms. The van der Waals surface area contributed by atoms with Gasteiger partial charge in [0, 0.05) is 6.92 Å². The van der Waals surface area contributed by atoms with E-state index in [1.807, 2.05) is 18.2 Å². The summed E-state index contributed by atoms with van der Waals surface area (Å²) in [6.45, 7) is 9.51. The Morgan fingerprint density at radius 2 is 1.69 bits per heavy atom. The van der Waals surface area contributed by atoms with Crippen LogP contribution in [0.1, 0.15) is 57.4 Å². The highest BCUT2D eigenvalue weighted by Crippen LogP contribution is 2.31. The molecule has 4 rings (SSSR count). The average molecular weight is 505 g/mol. The monoisotopic (exact) mass is 504 g/mol. The topological polar surface area (TPSA) is 87.0 Å². The summed E-state index contributed by atoms with van der Waals surface area (Å²) >= 11 is 1.27. The van der Waals surface area contributed by atoms with Gasteiger partial charge in [0.05, 0.1) is 29.0 Å². The molecule has 1 aliphatic heterocycles. The molecule has 0 amide bonds. The highest BCUT2D eigenvalue weighted by Gasteiger charge is 2.33. The van der Waals surface area contributed by atoms with Crippen molar-refractivity contribution in [2.24, 2.45) is 4.99 Å². The first-order valence-corrected chi connectivity index (χ1v) is 12.3. The van der Waals surface area contributed by atoms with Crippen LogP contribution < -0.4 is 19.6 Å². The van der Waals surface area contributed by atoms with E-state index in [1.165, 1.54) is 35.5 Å². The van der Waals surface area contributed by atoms with Gasteiger partial charge in [-0.1, -0.05) is 68.5 Å². The van der Waals surface area contributed by atoms with Crippen molar-refractivity contribution in [2.75, 3.05) is 7.11 Å². The van der Waals surface area contributed by atoms with Gasteiger partial charge in [0.1, 0.15) is 5.75 Å². The summed E-state index contributed by atoms with van der Waals surface area (Å²) in [7, 11) is 1.30. The number of benzene rings is 2. The van der Waals surface area contributed by atoms with Crippen LogP contribution in [0.2, 0.25) is 0 Å². The minimum Gasteiger partial charge on any atom is -0.466 e. The van der Waals surface area contributed by atoms with E-state index >= 15 is 0 Å². The Bertz CT molecular complexity index is 1540. The minimum atomic E-state index is -0.731. The summed E-state index contributed by atoms with van der Waals surface area (Å²) in [5.41, 5.74) is 3.33. The van der Waals surface area contributed by atoms with Crippen molar-refractivity contribution in [3.63, 3.8) is 0 Å². The van der Waals surface area contributed by atoms with E-state index in [1.54, 1.807) is 31.2 Å². The number of esters is 2. The van der Waals surface area contributed by atoms with Gasteiger partial charge in [0.2, 0.25) is 0 Å². The number of carbonyl (C=O) groups is 2. The Morgan fingerprint density at radius 3 is 2.25 bits per heavy atom. The SMILES string of the molecule is COC(=O)C1=C(C)N=c2s/c(=C/c3ccc(C(C)(C)C)cc3)c(=O)n2C1c1ccc(OC(C)=O)cc1. The molecule has 0 aliphatic carbocycles. The van der Waals surface area contributed by atoms with Crippen molar-refractivity contribution in [1.29, 1.82) is 0 Å². The number of carbonyl (C=O) groups excluding carboxylic acids is 2. The third-order valence-corrected chi connectivity index (χ3v) is 6.94. The number of hydrogen-bond acceptors (Lipinski definition) is 7. The smallest absolute Gasteiger partial charge is 0.338 e. The molecule has 0 saturated heterocycles. The molecule has 0 saturated carbocycles. The molecule has 0 spiro atoms. The largest absolute Gasteiger partial charge is 0.466 e. The van der Waals surface area contributed by atoms with E-state index in [0.717, 1.165) is 5.56 Å².